The molecule has 0 unspecified atom stereocenters. The first-order valence-electron chi connectivity index (χ1n) is 8.84. The predicted molar refractivity (Wildman–Crippen MR) is 128 cm³/mol. The Morgan fingerprint density at radius 2 is 1.10 bits per heavy atom. The van der Waals surface area contributed by atoms with Crippen molar-refractivity contribution in [2.24, 2.45) is 0 Å². The Balaban J connectivity index is 1.89. The van der Waals surface area contributed by atoms with Crippen molar-refractivity contribution in [2.75, 3.05) is 0 Å². The molecule has 3 rings (SSSR count). The Morgan fingerprint density at radius 1 is 0.667 bits per heavy atom. The number of aryl methyl sites for hydroxylation is 1. The van der Waals surface area contributed by atoms with Crippen molar-refractivity contribution in [1.82, 2.24) is 15.0 Å². The lowest BCUT2D eigenvalue weighted by Crippen LogP contribution is -2.16. The van der Waals surface area contributed by atoms with Crippen molar-refractivity contribution in [1.29, 1.82) is 0 Å². The highest BCUT2D eigenvalue weighted by molar-refractivity contribution is 6.67. The van der Waals surface area contributed by atoms with Crippen molar-refractivity contribution >= 4 is 81.8 Å². The Morgan fingerprint density at radius 3 is 1.50 bits per heavy atom. The largest absolute Gasteiger partial charge is 0.250 e. The molecule has 0 spiro atoms. The van der Waals surface area contributed by atoms with E-state index >= 15 is 0 Å². The molecule has 0 saturated heterocycles. The molecule has 0 aliphatic rings. The molecule has 0 amide bonds. The Labute approximate surface area is 205 Å². The van der Waals surface area contributed by atoms with Gasteiger partial charge in [0.15, 0.2) is 17.5 Å². The fraction of sp³-hybridized carbons (Fsp3) is 0.190. The minimum Gasteiger partial charge on any atom is -0.209 e. The number of halogens is 6. The van der Waals surface area contributed by atoms with Crippen LogP contribution < -0.4 is 0 Å². The number of aromatic nitrogens is 3. The summed E-state index contributed by atoms with van der Waals surface area (Å²) in [5.74, 6) is -0.0185. The Kier molecular flexibility index (Phi) is 7.55. The summed E-state index contributed by atoms with van der Waals surface area (Å²) in [5, 5.41) is 0. The summed E-state index contributed by atoms with van der Waals surface area (Å²) < 4.78 is -3.78. The Hall–Kier alpha value is -1.07. The maximum atomic E-state index is 5.92. The van der Waals surface area contributed by atoms with Crippen LogP contribution >= 0.6 is 69.6 Å². The molecule has 0 radical (unpaired) electrons. The Bertz CT molecular complexity index is 1000. The van der Waals surface area contributed by atoms with Gasteiger partial charge >= 0.3 is 0 Å². The average Bonchev–Trinajstić information content (AvgIpc) is 2.71. The van der Waals surface area contributed by atoms with Gasteiger partial charge in [0, 0.05) is 5.56 Å². The van der Waals surface area contributed by atoms with Crippen LogP contribution in [0.4, 0.5) is 0 Å². The number of hydrogen-bond acceptors (Lipinski definition) is 3. The van der Waals surface area contributed by atoms with E-state index in [4.69, 9.17) is 69.6 Å². The van der Waals surface area contributed by atoms with Gasteiger partial charge in [-0.15, -0.1) is 0 Å². The van der Waals surface area contributed by atoms with Gasteiger partial charge in [0.05, 0.1) is 0 Å². The molecule has 1 heterocycles. The van der Waals surface area contributed by atoms with Crippen LogP contribution in [0.5, 0.6) is 0 Å². The molecule has 0 saturated carbocycles. The SMILES string of the molecule is CCc1ccc(C=Cc2ccc(-c3nc(C(Cl)(Cl)Cl)nc(C(Cl)(Cl)Cl)n3)cc2)cc1. The molecule has 156 valence electrons. The van der Waals surface area contributed by atoms with E-state index in [-0.39, 0.29) is 17.5 Å². The van der Waals surface area contributed by atoms with E-state index in [1.165, 1.54) is 5.56 Å². The molecule has 2 aromatic carbocycles. The fourth-order valence-corrected chi connectivity index (χ4v) is 3.07. The minimum atomic E-state index is -1.89. The van der Waals surface area contributed by atoms with E-state index in [0.29, 0.717) is 5.56 Å². The fourth-order valence-electron chi connectivity index (χ4n) is 2.56. The number of benzene rings is 2. The third-order valence-corrected chi connectivity index (χ3v) is 5.18. The smallest absolute Gasteiger partial charge is 0.209 e. The lowest BCUT2D eigenvalue weighted by atomic mass is 10.1. The topological polar surface area (TPSA) is 38.7 Å². The molecule has 3 aromatic rings. The molecule has 0 atom stereocenters. The van der Waals surface area contributed by atoms with Crippen molar-refractivity contribution in [3.05, 3.63) is 76.9 Å². The van der Waals surface area contributed by atoms with Crippen LogP contribution in [-0.4, -0.2) is 15.0 Å². The van der Waals surface area contributed by atoms with Gasteiger partial charge in [0.2, 0.25) is 7.59 Å². The van der Waals surface area contributed by atoms with Crippen molar-refractivity contribution in [3.8, 4) is 11.4 Å². The molecule has 0 aliphatic carbocycles. The molecule has 1 aromatic heterocycles. The first-order chi connectivity index (χ1) is 14.1. The molecule has 0 N–H and O–H groups in total. The summed E-state index contributed by atoms with van der Waals surface area (Å²) in [6.45, 7) is 2.13. The average molecular weight is 522 g/mol. The van der Waals surface area contributed by atoms with E-state index in [2.05, 4.69) is 46.1 Å². The van der Waals surface area contributed by atoms with Crippen LogP contribution in [-0.2, 0) is 14.0 Å². The quantitative estimate of drug-likeness (QED) is 0.258. The summed E-state index contributed by atoms with van der Waals surface area (Å²) in [6, 6.07) is 15.9. The second-order valence-corrected chi connectivity index (χ2v) is 10.9. The molecule has 0 aliphatic heterocycles. The van der Waals surface area contributed by atoms with Gasteiger partial charge in [-0.2, -0.15) is 0 Å². The summed E-state index contributed by atoms with van der Waals surface area (Å²) >= 11 is 35.5. The molecule has 30 heavy (non-hydrogen) atoms. The predicted octanol–water partition coefficient (Wildman–Crippen LogP) is 7.92. The van der Waals surface area contributed by atoms with Crippen molar-refractivity contribution in [2.45, 2.75) is 20.9 Å². The molecule has 9 heteroatoms. The molecule has 0 fully saturated rings. The van der Waals surface area contributed by atoms with Crippen LogP contribution in [0.2, 0.25) is 0 Å². The highest BCUT2D eigenvalue weighted by Crippen LogP contribution is 2.40. The van der Waals surface area contributed by atoms with Crippen LogP contribution in [0.25, 0.3) is 23.5 Å². The van der Waals surface area contributed by atoms with E-state index in [9.17, 15) is 0 Å². The summed E-state index contributed by atoms with van der Waals surface area (Å²) in [5.41, 5.74) is 4.08. The third-order valence-electron chi connectivity index (χ3n) is 4.17. The highest BCUT2D eigenvalue weighted by atomic mass is 35.6. The molecule has 0 bridgehead atoms. The van der Waals surface area contributed by atoms with Gasteiger partial charge in [-0.1, -0.05) is 137 Å². The molecule has 3 nitrogen and oxygen atoms in total. The minimum absolute atomic E-state index is 0.127. The van der Waals surface area contributed by atoms with Crippen LogP contribution in [0, 0.1) is 0 Å². The monoisotopic (exact) mass is 519 g/mol. The standard InChI is InChI=1S/C21H15Cl6N3/c1-2-13-3-5-14(6-4-13)7-8-15-9-11-16(12-10-15)17-28-18(20(22,23)24)30-19(29-17)21(25,26)27/h3-12H,2H2,1H3. The first kappa shape index (κ1) is 23.6. The van der Waals surface area contributed by atoms with Crippen molar-refractivity contribution in [3.63, 3.8) is 0 Å². The second kappa shape index (κ2) is 9.60. The van der Waals surface area contributed by atoms with Crippen LogP contribution in [0.1, 0.15) is 35.3 Å². The maximum Gasteiger partial charge on any atom is 0.250 e. The zero-order chi connectivity index (χ0) is 21.9. The first-order valence-corrected chi connectivity index (χ1v) is 11.1. The number of rotatable bonds is 4. The molecular formula is C21H15Cl6N3. The van der Waals surface area contributed by atoms with Gasteiger partial charge in [-0.05, 0) is 23.1 Å². The van der Waals surface area contributed by atoms with Gasteiger partial charge < -0.3 is 0 Å². The van der Waals surface area contributed by atoms with E-state index in [0.717, 1.165) is 17.5 Å². The zero-order valence-electron chi connectivity index (χ0n) is 15.6. The summed E-state index contributed by atoms with van der Waals surface area (Å²) in [4.78, 5) is 12.4. The summed E-state index contributed by atoms with van der Waals surface area (Å²) in [7, 11) is 0. The van der Waals surface area contributed by atoms with Gasteiger partial charge in [-0.3, -0.25) is 0 Å². The second-order valence-electron chi connectivity index (χ2n) is 6.35. The van der Waals surface area contributed by atoms with Crippen LogP contribution in [0.15, 0.2) is 48.5 Å². The van der Waals surface area contributed by atoms with Crippen LogP contribution in [0.3, 0.4) is 0 Å². The highest BCUT2D eigenvalue weighted by Gasteiger charge is 2.33. The maximum absolute atomic E-state index is 5.92. The third kappa shape index (κ3) is 6.23. The molecular weight excluding hydrogens is 507 g/mol. The van der Waals surface area contributed by atoms with Gasteiger partial charge in [-0.25, -0.2) is 15.0 Å². The normalized spacial score (nSPS) is 12.5. The lowest BCUT2D eigenvalue weighted by Gasteiger charge is -2.15. The van der Waals surface area contributed by atoms with Gasteiger partial charge in [0.25, 0.3) is 0 Å². The zero-order valence-corrected chi connectivity index (χ0v) is 20.1. The van der Waals surface area contributed by atoms with Gasteiger partial charge in [0.1, 0.15) is 0 Å². The number of hydrogen-bond donors (Lipinski definition) is 0. The van der Waals surface area contributed by atoms with E-state index < -0.39 is 7.59 Å². The summed E-state index contributed by atoms with van der Waals surface area (Å²) in [6.07, 6.45) is 5.07. The van der Waals surface area contributed by atoms with E-state index in [1.807, 2.05) is 36.4 Å². The number of nitrogens with zero attached hydrogens (tertiary/aromatic N) is 3. The lowest BCUT2D eigenvalue weighted by molar-refractivity contribution is 0.851. The number of alkyl halides is 6. The van der Waals surface area contributed by atoms with Crippen molar-refractivity contribution < 1.29 is 0 Å². The van der Waals surface area contributed by atoms with E-state index in [1.54, 1.807) is 0 Å².